The van der Waals surface area contributed by atoms with E-state index in [1.807, 2.05) is 6.92 Å². The molecule has 0 spiro atoms. The van der Waals surface area contributed by atoms with Gasteiger partial charge in [0.25, 0.3) is 0 Å². The van der Waals surface area contributed by atoms with Gasteiger partial charge in [-0.1, -0.05) is 24.6 Å². The van der Waals surface area contributed by atoms with Crippen LogP contribution in [0, 0.1) is 5.82 Å². The van der Waals surface area contributed by atoms with Gasteiger partial charge in [-0.15, -0.1) is 10.2 Å². The zero-order chi connectivity index (χ0) is 15.9. The van der Waals surface area contributed by atoms with Crippen LogP contribution in [0.5, 0.6) is 5.75 Å². The van der Waals surface area contributed by atoms with Crippen LogP contribution >= 0.6 is 0 Å². The van der Waals surface area contributed by atoms with Gasteiger partial charge in [0.1, 0.15) is 0 Å². The molecule has 1 heterocycles. The van der Waals surface area contributed by atoms with Crippen molar-refractivity contribution in [3.63, 3.8) is 0 Å². The van der Waals surface area contributed by atoms with Gasteiger partial charge in [-0.25, -0.2) is 4.39 Å². The van der Waals surface area contributed by atoms with Gasteiger partial charge in [-0.05, 0) is 24.1 Å². The number of rotatable bonds is 7. The molecule has 1 aromatic carbocycles. The van der Waals surface area contributed by atoms with Crippen LogP contribution in [-0.4, -0.2) is 33.6 Å². The molecule has 1 aromatic heterocycles. The van der Waals surface area contributed by atoms with Crippen LogP contribution in [0.15, 0.2) is 18.2 Å². The number of hydrogen-bond donors (Lipinski definition) is 2. The highest BCUT2D eigenvalue weighted by Crippen LogP contribution is 2.18. The number of nitrogens with one attached hydrogen (secondary N) is 2. The molecule has 0 saturated carbocycles. The normalized spacial score (nSPS) is 12.0. The summed E-state index contributed by atoms with van der Waals surface area (Å²) in [6.07, 6.45) is 1.62. The Kier molecular flexibility index (Phi) is 5.40. The SMILES string of the molecule is CCC[C@@H](NC(=O)Cc1ccc(OC)c(F)c1)c1nn[nH]n1. The summed E-state index contributed by atoms with van der Waals surface area (Å²) in [5.41, 5.74) is 0.569. The first-order valence-corrected chi connectivity index (χ1v) is 6.99. The Morgan fingerprint density at radius 2 is 2.32 bits per heavy atom. The monoisotopic (exact) mass is 307 g/mol. The van der Waals surface area contributed by atoms with E-state index in [4.69, 9.17) is 4.74 Å². The minimum absolute atomic E-state index is 0.0684. The van der Waals surface area contributed by atoms with Gasteiger partial charge in [0, 0.05) is 0 Å². The third kappa shape index (κ3) is 4.00. The molecule has 0 radical (unpaired) electrons. The Balaban J connectivity index is 2.00. The maximum Gasteiger partial charge on any atom is 0.225 e. The van der Waals surface area contributed by atoms with Crippen LogP contribution in [0.25, 0.3) is 0 Å². The Labute approximate surface area is 127 Å². The number of methoxy groups -OCH3 is 1. The van der Waals surface area contributed by atoms with E-state index in [0.29, 0.717) is 17.8 Å². The fourth-order valence-corrected chi connectivity index (χ4v) is 2.12. The molecule has 0 aliphatic rings. The van der Waals surface area contributed by atoms with Gasteiger partial charge in [-0.3, -0.25) is 4.79 Å². The molecule has 0 bridgehead atoms. The number of aromatic nitrogens is 4. The first kappa shape index (κ1) is 15.9. The summed E-state index contributed by atoms with van der Waals surface area (Å²) in [6.45, 7) is 2.00. The number of aromatic amines is 1. The number of hydrogen-bond acceptors (Lipinski definition) is 5. The first-order chi connectivity index (χ1) is 10.6. The summed E-state index contributed by atoms with van der Waals surface area (Å²) >= 11 is 0. The van der Waals surface area contributed by atoms with Crippen molar-refractivity contribution in [1.29, 1.82) is 0 Å². The van der Waals surface area contributed by atoms with Crippen molar-refractivity contribution in [2.75, 3.05) is 7.11 Å². The quantitative estimate of drug-likeness (QED) is 0.809. The van der Waals surface area contributed by atoms with Crippen molar-refractivity contribution in [3.8, 4) is 5.75 Å². The van der Waals surface area contributed by atoms with E-state index in [0.717, 1.165) is 6.42 Å². The van der Waals surface area contributed by atoms with E-state index in [-0.39, 0.29) is 24.1 Å². The van der Waals surface area contributed by atoms with Crippen LogP contribution in [0.2, 0.25) is 0 Å². The first-order valence-electron chi connectivity index (χ1n) is 6.99. The summed E-state index contributed by atoms with van der Waals surface area (Å²) < 4.78 is 18.5. The van der Waals surface area contributed by atoms with E-state index < -0.39 is 5.82 Å². The minimum Gasteiger partial charge on any atom is -0.494 e. The zero-order valence-corrected chi connectivity index (χ0v) is 12.5. The second kappa shape index (κ2) is 7.48. The van der Waals surface area contributed by atoms with Gasteiger partial charge < -0.3 is 10.1 Å². The average Bonchev–Trinajstić information content (AvgIpc) is 3.01. The Morgan fingerprint density at radius 1 is 1.50 bits per heavy atom. The number of carbonyl (C=O) groups is 1. The van der Waals surface area contributed by atoms with Crippen LogP contribution in [0.4, 0.5) is 4.39 Å². The molecule has 1 atom stereocenters. The molecule has 0 aliphatic carbocycles. The van der Waals surface area contributed by atoms with E-state index in [2.05, 4.69) is 25.9 Å². The van der Waals surface area contributed by atoms with Gasteiger partial charge in [0.05, 0.1) is 19.6 Å². The molecular weight excluding hydrogens is 289 g/mol. The molecule has 2 aromatic rings. The fraction of sp³-hybridized carbons (Fsp3) is 0.429. The van der Waals surface area contributed by atoms with E-state index >= 15 is 0 Å². The molecular formula is C14H18FN5O2. The molecule has 0 fully saturated rings. The Hall–Kier alpha value is -2.51. The average molecular weight is 307 g/mol. The summed E-state index contributed by atoms with van der Waals surface area (Å²) in [5, 5.41) is 16.5. The van der Waals surface area contributed by atoms with Gasteiger partial charge in [0.15, 0.2) is 17.4 Å². The number of nitrogens with zero attached hydrogens (tertiary/aromatic N) is 3. The van der Waals surface area contributed by atoms with Gasteiger partial charge >= 0.3 is 0 Å². The number of halogens is 1. The number of H-pyrrole nitrogens is 1. The number of carbonyl (C=O) groups excluding carboxylic acids is 1. The molecule has 0 unspecified atom stereocenters. The lowest BCUT2D eigenvalue weighted by atomic mass is 10.1. The predicted octanol–water partition coefficient (Wildman–Crippen LogP) is 1.55. The van der Waals surface area contributed by atoms with E-state index in [1.165, 1.54) is 19.2 Å². The van der Waals surface area contributed by atoms with Gasteiger partial charge in [-0.2, -0.15) is 5.21 Å². The van der Waals surface area contributed by atoms with Crippen molar-refractivity contribution < 1.29 is 13.9 Å². The summed E-state index contributed by atoms with van der Waals surface area (Å²) in [4.78, 5) is 12.1. The van der Waals surface area contributed by atoms with Gasteiger partial charge in [0.2, 0.25) is 5.91 Å². The lowest BCUT2D eigenvalue weighted by Gasteiger charge is -2.14. The van der Waals surface area contributed by atoms with Crippen molar-refractivity contribution in [2.45, 2.75) is 32.2 Å². The molecule has 7 nitrogen and oxygen atoms in total. The molecule has 8 heteroatoms. The minimum atomic E-state index is -0.490. The van der Waals surface area contributed by atoms with Crippen molar-refractivity contribution in [2.24, 2.45) is 0 Å². The molecule has 0 saturated heterocycles. The molecule has 2 rings (SSSR count). The summed E-state index contributed by atoms with van der Waals surface area (Å²) in [7, 11) is 1.39. The maximum atomic E-state index is 13.6. The smallest absolute Gasteiger partial charge is 0.225 e. The molecule has 1 amide bonds. The van der Waals surface area contributed by atoms with Crippen molar-refractivity contribution >= 4 is 5.91 Å². The molecule has 2 N–H and O–H groups in total. The van der Waals surface area contributed by atoms with Crippen LogP contribution < -0.4 is 10.1 Å². The zero-order valence-electron chi connectivity index (χ0n) is 12.5. The second-order valence-corrected chi connectivity index (χ2v) is 4.82. The van der Waals surface area contributed by atoms with Crippen LogP contribution in [0.1, 0.15) is 37.2 Å². The Morgan fingerprint density at radius 3 is 2.91 bits per heavy atom. The van der Waals surface area contributed by atoms with E-state index in [9.17, 15) is 9.18 Å². The Bertz CT molecular complexity index is 618. The third-order valence-electron chi connectivity index (χ3n) is 3.17. The molecule has 0 aliphatic heterocycles. The second-order valence-electron chi connectivity index (χ2n) is 4.82. The largest absolute Gasteiger partial charge is 0.494 e. The molecule has 22 heavy (non-hydrogen) atoms. The highest BCUT2D eigenvalue weighted by Gasteiger charge is 2.18. The van der Waals surface area contributed by atoms with E-state index in [1.54, 1.807) is 6.07 Å². The summed E-state index contributed by atoms with van der Waals surface area (Å²) in [5.74, 6) is -0.125. The molecule has 118 valence electrons. The third-order valence-corrected chi connectivity index (χ3v) is 3.17. The topological polar surface area (TPSA) is 92.8 Å². The summed E-state index contributed by atoms with van der Waals surface area (Å²) in [6, 6.07) is 4.15. The van der Waals surface area contributed by atoms with Crippen molar-refractivity contribution in [3.05, 3.63) is 35.4 Å². The number of ether oxygens (including phenoxy) is 1. The number of benzene rings is 1. The number of amides is 1. The lowest BCUT2D eigenvalue weighted by molar-refractivity contribution is -0.121. The highest BCUT2D eigenvalue weighted by molar-refractivity contribution is 5.79. The standard InChI is InChI=1S/C14H18FN5O2/c1-3-4-11(14-17-19-20-18-14)16-13(21)8-9-5-6-12(22-2)10(15)7-9/h5-7,11H,3-4,8H2,1-2H3,(H,16,21)(H,17,18,19,20)/t11-/m1/s1. The lowest BCUT2D eigenvalue weighted by Crippen LogP contribution is -2.30. The fourth-order valence-electron chi connectivity index (χ4n) is 2.12. The van der Waals surface area contributed by atoms with Crippen LogP contribution in [0.3, 0.4) is 0 Å². The number of tetrazole rings is 1. The highest BCUT2D eigenvalue weighted by atomic mass is 19.1. The maximum absolute atomic E-state index is 13.6. The van der Waals surface area contributed by atoms with Crippen LogP contribution in [-0.2, 0) is 11.2 Å². The van der Waals surface area contributed by atoms with Crippen molar-refractivity contribution in [1.82, 2.24) is 25.9 Å². The predicted molar refractivity (Wildman–Crippen MR) is 76.6 cm³/mol.